The highest BCUT2D eigenvalue weighted by Crippen LogP contribution is 2.38. The van der Waals surface area contributed by atoms with E-state index in [1.54, 1.807) is 37.7 Å². The van der Waals surface area contributed by atoms with Gasteiger partial charge in [-0.2, -0.15) is 0 Å². The SMILES string of the molecule is COc1cc(C(=O)Nc2cccc(-c3nccc(-c4ccc(CNCC5CCC(=O)N5)c(OC)n4)c3Cl)c2C)ncc1CNCCCF. The lowest BCUT2D eigenvalue weighted by Crippen LogP contribution is -2.35. The molecule has 0 aliphatic carbocycles. The van der Waals surface area contributed by atoms with Gasteiger partial charge in [-0.05, 0) is 50.1 Å². The largest absolute Gasteiger partial charge is 0.496 e. The Hall–Kier alpha value is -4.65. The van der Waals surface area contributed by atoms with Crippen molar-refractivity contribution in [3.8, 4) is 34.1 Å². The lowest BCUT2D eigenvalue weighted by molar-refractivity contribution is -0.119. The van der Waals surface area contributed by atoms with Crippen LogP contribution in [0, 0.1) is 6.92 Å². The number of carbonyl (C=O) groups is 2. The highest BCUT2D eigenvalue weighted by Gasteiger charge is 2.21. The zero-order chi connectivity index (χ0) is 34.0. The molecule has 1 aliphatic rings. The van der Waals surface area contributed by atoms with Gasteiger partial charge in [0.05, 0.1) is 37.3 Å². The monoisotopic (exact) mass is 675 g/mol. The van der Waals surface area contributed by atoms with E-state index in [2.05, 4.69) is 31.2 Å². The molecule has 11 nitrogen and oxygen atoms in total. The van der Waals surface area contributed by atoms with Crippen molar-refractivity contribution in [2.45, 2.75) is 45.3 Å². The first-order valence-electron chi connectivity index (χ1n) is 15.7. The number of aromatic nitrogens is 3. The lowest BCUT2D eigenvalue weighted by atomic mass is 10.0. The molecule has 2 amide bonds. The number of hydrogen-bond donors (Lipinski definition) is 4. The second kappa shape index (κ2) is 16.4. The second-order valence-corrected chi connectivity index (χ2v) is 11.7. The van der Waals surface area contributed by atoms with Crippen molar-refractivity contribution in [3.05, 3.63) is 82.3 Å². The molecule has 0 saturated carbocycles. The van der Waals surface area contributed by atoms with Crippen LogP contribution in [-0.4, -0.2) is 66.8 Å². The number of anilines is 1. The maximum Gasteiger partial charge on any atom is 0.274 e. The predicted molar refractivity (Wildman–Crippen MR) is 183 cm³/mol. The quantitative estimate of drug-likeness (QED) is 0.124. The number of nitrogens with one attached hydrogen (secondary N) is 4. The maximum absolute atomic E-state index is 13.3. The first kappa shape index (κ1) is 34.7. The summed E-state index contributed by atoms with van der Waals surface area (Å²) >= 11 is 6.98. The van der Waals surface area contributed by atoms with E-state index in [-0.39, 0.29) is 24.3 Å². The first-order valence-corrected chi connectivity index (χ1v) is 16.1. The van der Waals surface area contributed by atoms with E-state index in [4.69, 9.17) is 26.1 Å². The maximum atomic E-state index is 13.3. The van der Waals surface area contributed by atoms with Crippen LogP contribution in [0.1, 0.15) is 46.4 Å². The number of ether oxygens (including phenoxy) is 2. The summed E-state index contributed by atoms with van der Waals surface area (Å²) in [7, 11) is 3.10. The van der Waals surface area contributed by atoms with Crippen LogP contribution in [0.3, 0.4) is 0 Å². The predicted octanol–water partition coefficient (Wildman–Crippen LogP) is 5.25. The molecule has 4 heterocycles. The molecule has 1 fully saturated rings. The number of pyridine rings is 3. The molecular weight excluding hydrogens is 637 g/mol. The summed E-state index contributed by atoms with van der Waals surface area (Å²) < 4.78 is 23.5. The summed E-state index contributed by atoms with van der Waals surface area (Å²) in [5, 5.41) is 12.8. The molecule has 1 saturated heterocycles. The van der Waals surface area contributed by atoms with E-state index < -0.39 is 5.91 Å². The number of alkyl halides is 1. The van der Waals surface area contributed by atoms with Gasteiger partial charge in [0.15, 0.2) is 0 Å². The summed E-state index contributed by atoms with van der Waals surface area (Å²) in [6.45, 7) is 3.65. The Morgan fingerprint density at radius 3 is 2.65 bits per heavy atom. The molecule has 3 aromatic heterocycles. The fraction of sp³-hybridized carbons (Fsp3) is 0.343. The highest BCUT2D eigenvalue weighted by atomic mass is 35.5. The van der Waals surface area contributed by atoms with Crippen LogP contribution in [-0.2, 0) is 17.9 Å². The number of nitrogens with zero attached hydrogens (tertiary/aromatic N) is 3. The Kier molecular flexibility index (Phi) is 11.9. The van der Waals surface area contributed by atoms with E-state index in [0.717, 1.165) is 28.7 Å². The number of methoxy groups -OCH3 is 2. The van der Waals surface area contributed by atoms with E-state index in [1.807, 2.05) is 31.2 Å². The van der Waals surface area contributed by atoms with Crippen LogP contribution in [0.5, 0.6) is 11.6 Å². The van der Waals surface area contributed by atoms with Gasteiger partial charge in [0.25, 0.3) is 5.91 Å². The fourth-order valence-corrected chi connectivity index (χ4v) is 5.82. The number of halogens is 2. The topological polar surface area (TPSA) is 139 Å². The molecule has 48 heavy (non-hydrogen) atoms. The standard InChI is InChI=1S/C35H39ClFN7O4/c1-21-25(6-4-7-27(21)43-34(46)29-16-30(47-2)23(19-41-29)18-38-14-5-13-37)33-32(36)26(12-15-40-33)28-10-8-22(35(44-28)48-3)17-39-20-24-9-11-31(45)42-24/h4,6-8,10,12,15-16,19,24,38-39H,5,9,11,13-14,17-18,20H2,1-3H3,(H,42,45)(H,43,46). The zero-order valence-electron chi connectivity index (χ0n) is 27.2. The molecule has 0 spiro atoms. The van der Waals surface area contributed by atoms with Gasteiger partial charge < -0.3 is 30.7 Å². The normalized spacial score (nSPS) is 14.1. The Balaban J connectivity index is 1.32. The summed E-state index contributed by atoms with van der Waals surface area (Å²) in [4.78, 5) is 38.4. The van der Waals surface area contributed by atoms with Crippen LogP contribution < -0.4 is 30.7 Å². The second-order valence-electron chi connectivity index (χ2n) is 11.4. The van der Waals surface area contributed by atoms with Crippen LogP contribution >= 0.6 is 11.6 Å². The Labute approximate surface area is 284 Å². The van der Waals surface area contributed by atoms with Crippen molar-refractivity contribution < 1.29 is 23.5 Å². The molecule has 5 rings (SSSR count). The van der Waals surface area contributed by atoms with Crippen molar-refractivity contribution >= 4 is 29.1 Å². The van der Waals surface area contributed by atoms with Gasteiger partial charge in [0.2, 0.25) is 11.8 Å². The minimum Gasteiger partial charge on any atom is -0.496 e. The Morgan fingerprint density at radius 1 is 1.06 bits per heavy atom. The highest BCUT2D eigenvalue weighted by molar-refractivity contribution is 6.35. The number of benzene rings is 1. The molecule has 0 radical (unpaired) electrons. The lowest BCUT2D eigenvalue weighted by Gasteiger charge is -2.16. The molecule has 0 bridgehead atoms. The zero-order valence-corrected chi connectivity index (χ0v) is 27.9. The minimum absolute atomic E-state index is 0.0859. The van der Waals surface area contributed by atoms with Crippen molar-refractivity contribution in [2.24, 2.45) is 0 Å². The number of hydrogen-bond acceptors (Lipinski definition) is 9. The van der Waals surface area contributed by atoms with Crippen LogP contribution in [0.25, 0.3) is 22.5 Å². The van der Waals surface area contributed by atoms with Crippen molar-refractivity contribution in [3.63, 3.8) is 0 Å². The molecule has 1 aliphatic heterocycles. The molecule has 4 aromatic rings. The van der Waals surface area contributed by atoms with Gasteiger partial charge >= 0.3 is 0 Å². The van der Waals surface area contributed by atoms with Crippen LogP contribution in [0.4, 0.5) is 10.1 Å². The van der Waals surface area contributed by atoms with Crippen LogP contribution in [0.15, 0.2) is 54.9 Å². The first-order chi connectivity index (χ1) is 23.3. The van der Waals surface area contributed by atoms with E-state index >= 15 is 0 Å². The summed E-state index contributed by atoms with van der Waals surface area (Å²) in [5.41, 5.74) is 5.75. The molecule has 252 valence electrons. The van der Waals surface area contributed by atoms with Crippen LogP contribution in [0.2, 0.25) is 5.02 Å². The van der Waals surface area contributed by atoms with Crippen molar-refractivity contribution in [1.29, 1.82) is 0 Å². The van der Waals surface area contributed by atoms with Gasteiger partial charge in [-0.1, -0.05) is 29.8 Å². The molecule has 1 aromatic carbocycles. The van der Waals surface area contributed by atoms with Gasteiger partial charge in [0.1, 0.15) is 11.4 Å². The van der Waals surface area contributed by atoms with Gasteiger partial charge in [-0.3, -0.25) is 23.9 Å². The van der Waals surface area contributed by atoms with E-state index in [1.165, 1.54) is 7.11 Å². The van der Waals surface area contributed by atoms with E-state index in [0.29, 0.717) is 78.3 Å². The number of carbonyl (C=O) groups excluding carboxylic acids is 2. The van der Waals surface area contributed by atoms with Gasteiger partial charge in [0, 0.05) is 78.5 Å². The summed E-state index contributed by atoms with van der Waals surface area (Å²) in [5.74, 6) is 0.659. The Bertz CT molecular complexity index is 1770. The third kappa shape index (κ3) is 8.25. The fourth-order valence-electron chi connectivity index (χ4n) is 5.51. The number of amides is 2. The summed E-state index contributed by atoms with van der Waals surface area (Å²) in [6.07, 6.45) is 5.05. The average Bonchev–Trinajstić information content (AvgIpc) is 3.52. The Morgan fingerprint density at radius 2 is 1.90 bits per heavy atom. The molecular formula is C35H39ClFN7O4. The smallest absolute Gasteiger partial charge is 0.274 e. The van der Waals surface area contributed by atoms with Gasteiger partial charge in [-0.25, -0.2) is 4.98 Å². The molecule has 13 heteroatoms. The van der Waals surface area contributed by atoms with Gasteiger partial charge in [-0.15, -0.1) is 0 Å². The average molecular weight is 676 g/mol. The number of rotatable bonds is 15. The third-order valence-electron chi connectivity index (χ3n) is 8.12. The minimum atomic E-state index is -0.405. The summed E-state index contributed by atoms with van der Waals surface area (Å²) in [6, 6.07) is 12.9. The molecule has 1 atom stereocenters. The van der Waals surface area contributed by atoms with Crippen molar-refractivity contribution in [2.75, 3.05) is 39.3 Å². The van der Waals surface area contributed by atoms with Crippen molar-refractivity contribution in [1.82, 2.24) is 30.9 Å². The molecule has 1 unspecified atom stereocenters. The molecule has 4 N–H and O–H groups in total. The third-order valence-corrected chi connectivity index (χ3v) is 8.51. The van der Waals surface area contributed by atoms with E-state index in [9.17, 15) is 14.0 Å².